The lowest BCUT2D eigenvalue weighted by Crippen LogP contribution is -2.11. The molecule has 0 spiro atoms. The minimum atomic E-state index is -4.41. The van der Waals surface area contributed by atoms with Crippen LogP contribution in [0.5, 0.6) is 0 Å². The number of thiol groups is 1. The van der Waals surface area contributed by atoms with Gasteiger partial charge < -0.3 is 0 Å². The van der Waals surface area contributed by atoms with Gasteiger partial charge in [-0.15, -0.1) is 3.89 Å². The molecule has 0 radical (unpaired) electrons. The molecule has 0 saturated carbocycles. The van der Waals surface area contributed by atoms with Gasteiger partial charge in [-0.1, -0.05) is 23.3 Å². The highest BCUT2D eigenvalue weighted by atomic mass is 32.3. The number of hydrogen-bond acceptors (Lipinski definition) is 3. The summed E-state index contributed by atoms with van der Waals surface area (Å²) in [5.41, 5.74) is 2.46. The van der Waals surface area contributed by atoms with Crippen molar-refractivity contribution in [1.82, 2.24) is 0 Å². The normalized spacial score (nSPS) is 14.5. The molecule has 5 heteroatoms. The summed E-state index contributed by atoms with van der Waals surface area (Å²) in [5.74, 6) is -0.520. The maximum Gasteiger partial charge on any atom is 0.303 e. The Kier molecular flexibility index (Phi) is 7.79. The third-order valence-electron chi connectivity index (χ3n) is 2.22. The van der Waals surface area contributed by atoms with Crippen LogP contribution in [0.1, 0.15) is 40.0 Å². The van der Waals surface area contributed by atoms with E-state index >= 15 is 0 Å². The highest BCUT2D eigenvalue weighted by Crippen LogP contribution is 2.12. The molecule has 0 heterocycles. The third kappa shape index (κ3) is 12.0. The van der Waals surface area contributed by atoms with Crippen molar-refractivity contribution >= 4 is 22.9 Å². The molecule has 0 amide bonds. The van der Waals surface area contributed by atoms with Gasteiger partial charge in [0.25, 0.3) is 0 Å². The highest BCUT2D eigenvalue weighted by Gasteiger charge is 2.13. The number of hydrogen-bond donors (Lipinski definition) is 1. The molecule has 17 heavy (non-hydrogen) atoms. The third-order valence-corrected chi connectivity index (χ3v) is 3.66. The van der Waals surface area contributed by atoms with Crippen molar-refractivity contribution in [2.75, 3.05) is 5.75 Å². The molecule has 100 valence electrons. The summed E-state index contributed by atoms with van der Waals surface area (Å²) in [4.78, 5) is 0. The van der Waals surface area contributed by atoms with Crippen LogP contribution in [0.2, 0.25) is 0 Å². The van der Waals surface area contributed by atoms with E-state index in [0.29, 0.717) is 6.42 Å². The van der Waals surface area contributed by atoms with Gasteiger partial charge in [0.05, 0.1) is 5.75 Å². The maximum absolute atomic E-state index is 12.4. The van der Waals surface area contributed by atoms with Gasteiger partial charge in [-0.25, -0.2) is 0 Å². The number of rotatable bonds is 7. The van der Waals surface area contributed by atoms with Crippen LogP contribution in [-0.2, 0) is 10.2 Å². The van der Waals surface area contributed by atoms with Gasteiger partial charge in [0, 0.05) is 5.25 Å². The average molecular weight is 280 g/mol. The topological polar surface area (TPSA) is 34.1 Å². The zero-order valence-corrected chi connectivity index (χ0v) is 12.3. The lowest BCUT2D eigenvalue weighted by molar-refractivity contribution is 0.550. The Morgan fingerprint density at radius 2 is 1.88 bits per heavy atom. The van der Waals surface area contributed by atoms with Gasteiger partial charge in [0.1, 0.15) is 0 Å². The van der Waals surface area contributed by atoms with Crippen LogP contribution in [0.25, 0.3) is 0 Å². The molecule has 0 N–H and O–H groups in total. The Morgan fingerprint density at radius 1 is 1.29 bits per heavy atom. The van der Waals surface area contributed by atoms with Crippen molar-refractivity contribution in [3.8, 4) is 0 Å². The van der Waals surface area contributed by atoms with Crippen LogP contribution >= 0.6 is 12.6 Å². The average Bonchev–Trinajstić information content (AvgIpc) is 2.11. The second-order valence-electron chi connectivity index (χ2n) is 4.47. The first-order chi connectivity index (χ1) is 7.70. The lowest BCUT2D eigenvalue weighted by Gasteiger charge is -2.05. The molecule has 0 fully saturated rings. The second-order valence-corrected chi connectivity index (χ2v) is 6.61. The summed E-state index contributed by atoms with van der Waals surface area (Å²) in [6.45, 7) is 6.09. The molecule has 0 aliphatic rings. The molecule has 0 aromatic heterocycles. The van der Waals surface area contributed by atoms with Gasteiger partial charge in [0.15, 0.2) is 0 Å². The number of allylic oxidation sites excluding steroid dienone is 4. The molecule has 0 bridgehead atoms. The summed E-state index contributed by atoms with van der Waals surface area (Å²) in [7, 11) is -4.41. The predicted molar refractivity (Wildman–Crippen MR) is 74.7 cm³/mol. The fourth-order valence-corrected chi connectivity index (χ4v) is 2.56. The van der Waals surface area contributed by atoms with E-state index in [1.54, 1.807) is 0 Å². The van der Waals surface area contributed by atoms with Gasteiger partial charge in [-0.05, 0) is 40.0 Å². The lowest BCUT2D eigenvalue weighted by atomic mass is 10.1. The summed E-state index contributed by atoms with van der Waals surface area (Å²) in [6.07, 6.45) is 6.48. The quantitative estimate of drug-likeness (QED) is 0.438. The Morgan fingerprint density at radius 3 is 2.35 bits per heavy atom. The maximum atomic E-state index is 12.4. The molecule has 0 rings (SSSR count). The standard InChI is InChI=1S/C12H21FO2S2/c1-10(2)5-4-6-11(3)7-8-12(16)9-17(13,14)15/h5,7,12,16H,4,6,8-9H2,1-3H3/b11-7-. The smallest absolute Gasteiger partial charge is 0.195 e. The van der Waals surface area contributed by atoms with E-state index in [1.807, 2.05) is 13.0 Å². The molecule has 2 nitrogen and oxygen atoms in total. The second kappa shape index (κ2) is 7.93. The molecule has 1 atom stereocenters. The summed E-state index contributed by atoms with van der Waals surface area (Å²) in [5, 5.41) is -0.469. The first-order valence-corrected chi connectivity index (χ1v) is 7.67. The fraction of sp³-hybridized carbons (Fsp3) is 0.667. The molecule has 1 unspecified atom stereocenters. The first-order valence-electron chi connectivity index (χ1n) is 5.60. The summed E-state index contributed by atoms with van der Waals surface area (Å²) in [6, 6.07) is 0. The Labute approximate surface area is 110 Å². The molecule has 0 aromatic rings. The fourth-order valence-electron chi connectivity index (χ4n) is 1.33. The van der Waals surface area contributed by atoms with Crippen molar-refractivity contribution in [2.24, 2.45) is 0 Å². The van der Waals surface area contributed by atoms with E-state index in [1.165, 1.54) is 11.1 Å². The zero-order valence-electron chi connectivity index (χ0n) is 10.6. The summed E-state index contributed by atoms with van der Waals surface area (Å²) < 4.78 is 33.1. The van der Waals surface area contributed by atoms with E-state index in [2.05, 4.69) is 32.6 Å². The molecular formula is C12H21FO2S2. The van der Waals surface area contributed by atoms with Gasteiger partial charge >= 0.3 is 10.2 Å². The van der Waals surface area contributed by atoms with E-state index < -0.39 is 21.2 Å². The first kappa shape index (κ1) is 16.7. The highest BCUT2D eigenvalue weighted by molar-refractivity contribution is 7.88. The van der Waals surface area contributed by atoms with Crippen molar-refractivity contribution in [2.45, 2.75) is 45.3 Å². The van der Waals surface area contributed by atoms with E-state index in [9.17, 15) is 12.3 Å². The van der Waals surface area contributed by atoms with E-state index in [-0.39, 0.29) is 0 Å². The van der Waals surface area contributed by atoms with Gasteiger partial charge in [0.2, 0.25) is 0 Å². The van der Waals surface area contributed by atoms with Crippen LogP contribution in [0.15, 0.2) is 23.3 Å². The van der Waals surface area contributed by atoms with Crippen LogP contribution in [0.3, 0.4) is 0 Å². The molecule has 0 saturated heterocycles. The molecular weight excluding hydrogens is 259 g/mol. The van der Waals surface area contributed by atoms with Crippen molar-refractivity contribution in [1.29, 1.82) is 0 Å². The summed E-state index contributed by atoms with van der Waals surface area (Å²) >= 11 is 4.05. The van der Waals surface area contributed by atoms with Gasteiger partial charge in [-0.2, -0.15) is 21.0 Å². The predicted octanol–water partition coefficient (Wildman–Crippen LogP) is 3.67. The van der Waals surface area contributed by atoms with Crippen molar-refractivity contribution in [3.05, 3.63) is 23.3 Å². The molecule has 0 aliphatic heterocycles. The number of halogens is 1. The zero-order chi connectivity index (χ0) is 13.5. The Hall–Kier alpha value is -0.290. The van der Waals surface area contributed by atoms with Crippen molar-refractivity contribution in [3.63, 3.8) is 0 Å². The van der Waals surface area contributed by atoms with E-state index in [4.69, 9.17) is 0 Å². The Bertz CT molecular complexity index is 379. The Balaban J connectivity index is 4.02. The largest absolute Gasteiger partial charge is 0.303 e. The van der Waals surface area contributed by atoms with Gasteiger partial charge in [-0.3, -0.25) is 0 Å². The minimum Gasteiger partial charge on any atom is -0.195 e. The monoisotopic (exact) mass is 280 g/mol. The molecule has 0 aliphatic carbocycles. The van der Waals surface area contributed by atoms with Crippen LogP contribution in [0.4, 0.5) is 3.89 Å². The SMILES string of the molecule is CC(C)=CCC/C(C)=C\CC(S)CS(=O)(=O)F. The van der Waals surface area contributed by atoms with E-state index in [0.717, 1.165) is 12.8 Å². The van der Waals surface area contributed by atoms with Crippen LogP contribution < -0.4 is 0 Å². The minimum absolute atomic E-state index is 0.469. The molecule has 0 aromatic carbocycles. The van der Waals surface area contributed by atoms with Crippen molar-refractivity contribution < 1.29 is 12.3 Å². The van der Waals surface area contributed by atoms with Crippen LogP contribution in [-0.4, -0.2) is 19.4 Å². The van der Waals surface area contributed by atoms with Crippen LogP contribution in [0, 0.1) is 0 Å².